The molecule has 0 saturated carbocycles. The smallest absolute Gasteiger partial charge is 0.416 e. The minimum absolute atomic E-state index is 0.158. The number of alkyl halides is 3. The van der Waals surface area contributed by atoms with Gasteiger partial charge in [-0.3, -0.25) is 0 Å². The number of ether oxygens (including phenoxy) is 1. The fraction of sp³-hybridized carbons (Fsp3) is 0.143. The largest absolute Gasteiger partial charge is 0.481 e. The Balaban J connectivity index is 2.54. The molecule has 0 radical (unpaired) electrons. The van der Waals surface area contributed by atoms with Gasteiger partial charge in [-0.05, 0) is 23.8 Å². The lowest BCUT2D eigenvalue weighted by molar-refractivity contribution is -0.137. The lowest BCUT2D eigenvalue weighted by atomic mass is 9.98. The second kappa shape index (κ2) is 5.43. The van der Waals surface area contributed by atoms with Gasteiger partial charge in [-0.1, -0.05) is 6.07 Å². The molecule has 2 aromatic rings. The van der Waals surface area contributed by atoms with Crippen molar-refractivity contribution in [3.05, 3.63) is 47.7 Å². The number of pyridine rings is 1. The maximum absolute atomic E-state index is 12.6. The van der Waals surface area contributed by atoms with E-state index in [2.05, 4.69) is 4.98 Å². The van der Waals surface area contributed by atoms with E-state index in [9.17, 15) is 18.0 Å². The summed E-state index contributed by atoms with van der Waals surface area (Å²) in [6.45, 7) is 0. The van der Waals surface area contributed by atoms with Gasteiger partial charge in [0, 0.05) is 17.8 Å². The van der Waals surface area contributed by atoms with Crippen molar-refractivity contribution in [3.8, 4) is 17.0 Å². The first kappa shape index (κ1) is 14.8. The molecule has 0 saturated heterocycles. The molecule has 0 atom stereocenters. The molecule has 2 rings (SSSR count). The summed E-state index contributed by atoms with van der Waals surface area (Å²) in [6, 6.07) is 5.60. The zero-order valence-corrected chi connectivity index (χ0v) is 10.8. The molecule has 110 valence electrons. The molecule has 0 aliphatic carbocycles. The van der Waals surface area contributed by atoms with E-state index in [1.54, 1.807) is 0 Å². The van der Waals surface area contributed by atoms with Crippen LogP contribution in [0, 0.1) is 0 Å². The van der Waals surface area contributed by atoms with E-state index < -0.39 is 23.3 Å². The van der Waals surface area contributed by atoms with E-state index in [4.69, 9.17) is 9.84 Å². The average Bonchev–Trinajstić information content (AvgIpc) is 2.45. The van der Waals surface area contributed by atoms with Crippen LogP contribution < -0.4 is 4.74 Å². The molecule has 0 aliphatic heterocycles. The standard InChI is InChI=1S/C14H10F3NO3/c1-21-12-5-2-8(7-18-12)10-4-3-9(14(15,16)17)6-11(10)13(19)20/h2-7H,1H3,(H,19,20). The Labute approximate surface area is 117 Å². The molecular weight excluding hydrogens is 287 g/mol. The molecule has 7 heteroatoms. The van der Waals surface area contributed by atoms with Gasteiger partial charge < -0.3 is 9.84 Å². The molecule has 0 spiro atoms. The molecule has 0 amide bonds. The molecule has 1 heterocycles. The fourth-order valence-corrected chi connectivity index (χ4v) is 1.81. The summed E-state index contributed by atoms with van der Waals surface area (Å²) in [4.78, 5) is 15.1. The van der Waals surface area contributed by atoms with Gasteiger partial charge in [0.15, 0.2) is 0 Å². The SMILES string of the molecule is COc1ccc(-c2ccc(C(F)(F)F)cc2C(=O)O)cn1. The Morgan fingerprint density at radius 3 is 2.43 bits per heavy atom. The van der Waals surface area contributed by atoms with E-state index in [0.717, 1.165) is 12.1 Å². The maximum Gasteiger partial charge on any atom is 0.416 e. The highest BCUT2D eigenvalue weighted by Gasteiger charge is 2.31. The molecule has 0 aliphatic rings. The van der Waals surface area contributed by atoms with Crippen LogP contribution in [0.25, 0.3) is 11.1 Å². The minimum Gasteiger partial charge on any atom is -0.481 e. The van der Waals surface area contributed by atoms with E-state index in [1.165, 1.54) is 25.4 Å². The summed E-state index contributed by atoms with van der Waals surface area (Å²) in [5, 5.41) is 9.11. The number of halogens is 3. The summed E-state index contributed by atoms with van der Waals surface area (Å²) in [7, 11) is 1.42. The van der Waals surface area contributed by atoms with Crippen molar-refractivity contribution in [2.75, 3.05) is 7.11 Å². The van der Waals surface area contributed by atoms with Crippen LogP contribution >= 0.6 is 0 Å². The molecular formula is C14H10F3NO3. The van der Waals surface area contributed by atoms with Crippen molar-refractivity contribution >= 4 is 5.97 Å². The van der Waals surface area contributed by atoms with Crippen LogP contribution in [0.4, 0.5) is 13.2 Å². The van der Waals surface area contributed by atoms with E-state index in [0.29, 0.717) is 17.5 Å². The van der Waals surface area contributed by atoms with Crippen molar-refractivity contribution in [2.24, 2.45) is 0 Å². The number of nitrogens with zero attached hydrogens (tertiary/aromatic N) is 1. The summed E-state index contributed by atoms with van der Waals surface area (Å²) in [6.07, 6.45) is -3.26. The maximum atomic E-state index is 12.6. The summed E-state index contributed by atoms with van der Waals surface area (Å²) >= 11 is 0. The normalized spacial score (nSPS) is 11.2. The Morgan fingerprint density at radius 2 is 1.95 bits per heavy atom. The Hall–Kier alpha value is -2.57. The third-order valence-electron chi connectivity index (χ3n) is 2.83. The number of aromatic carboxylic acids is 1. The lowest BCUT2D eigenvalue weighted by Gasteiger charge is -2.11. The highest BCUT2D eigenvalue weighted by atomic mass is 19.4. The fourth-order valence-electron chi connectivity index (χ4n) is 1.81. The molecule has 0 unspecified atom stereocenters. The Kier molecular flexibility index (Phi) is 3.84. The number of benzene rings is 1. The van der Waals surface area contributed by atoms with Crippen LogP contribution in [0.3, 0.4) is 0 Å². The topological polar surface area (TPSA) is 59.4 Å². The number of hydrogen-bond acceptors (Lipinski definition) is 3. The van der Waals surface area contributed by atoms with Gasteiger partial charge in [-0.2, -0.15) is 13.2 Å². The van der Waals surface area contributed by atoms with Gasteiger partial charge in [-0.25, -0.2) is 9.78 Å². The quantitative estimate of drug-likeness (QED) is 0.942. The number of methoxy groups -OCH3 is 1. The van der Waals surface area contributed by atoms with Crippen molar-refractivity contribution < 1.29 is 27.8 Å². The van der Waals surface area contributed by atoms with E-state index >= 15 is 0 Å². The first-order valence-electron chi connectivity index (χ1n) is 5.78. The number of carboxylic acids is 1. The third-order valence-corrected chi connectivity index (χ3v) is 2.83. The van der Waals surface area contributed by atoms with Crippen LogP contribution in [0.1, 0.15) is 15.9 Å². The van der Waals surface area contributed by atoms with Gasteiger partial charge in [0.25, 0.3) is 0 Å². The van der Waals surface area contributed by atoms with Crippen LogP contribution in [-0.2, 0) is 6.18 Å². The van der Waals surface area contributed by atoms with Crippen LogP contribution in [0.5, 0.6) is 5.88 Å². The minimum atomic E-state index is -4.60. The molecule has 0 fully saturated rings. The summed E-state index contributed by atoms with van der Waals surface area (Å²) in [5.41, 5.74) is -0.894. The second-order valence-corrected chi connectivity index (χ2v) is 4.15. The van der Waals surface area contributed by atoms with Crippen molar-refractivity contribution in [3.63, 3.8) is 0 Å². The molecule has 1 aromatic heterocycles. The summed E-state index contributed by atoms with van der Waals surface area (Å²) < 4.78 is 42.8. The van der Waals surface area contributed by atoms with Crippen LogP contribution in [-0.4, -0.2) is 23.2 Å². The molecule has 1 N–H and O–H groups in total. The average molecular weight is 297 g/mol. The molecule has 4 nitrogen and oxygen atoms in total. The zero-order chi connectivity index (χ0) is 15.6. The molecule has 21 heavy (non-hydrogen) atoms. The highest BCUT2D eigenvalue weighted by Crippen LogP contribution is 2.33. The third kappa shape index (κ3) is 3.13. The van der Waals surface area contributed by atoms with Gasteiger partial charge in [0.1, 0.15) is 0 Å². The lowest BCUT2D eigenvalue weighted by Crippen LogP contribution is -2.08. The number of aromatic nitrogens is 1. The van der Waals surface area contributed by atoms with Gasteiger partial charge in [-0.15, -0.1) is 0 Å². The monoisotopic (exact) mass is 297 g/mol. The number of rotatable bonds is 3. The van der Waals surface area contributed by atoms with Crippen molar-refractivity contribution in [2.45, 2.75) is 6.18 Å². The van der Waals surface area contributed by atoms with Gasteiger partial charge in [0.05, 0.1) is 18.2 Å². The zero-order valence-electron chi connectivity index (χ0n) is 10.8. The van der Waals surface area contributed by atoms with Crippen LogP contribution in [0.2, 0.25) is 0 Å². The van der Waals surface area contributed by atoms with Crippen LogP contribution in [0.15, 0.2) is 36.5 Å². The molecule has 1 aromatic carbocycles. The Bertz CT molecular complexity index is 666. The predicted molar refractivity (Wildman–Crippen MR) is 68.2 cm³/mol. The number of carbonyl (C=O) groups is 1. The second-order valence-electron chi connectivity index (χ2n) is 4.15. The first-order chi connectivity index (χ1) is 9.82. The highest BCUT2D eigenvalue weighted by molar-refractivity contribution is 5.96. The number of carboxylic acid groups (broad SMARTS) is 1. The van der Waals surface area contributed by atoms with Crippen molar-refractivity contribution in [1.29, 1.82) is 0 Å². The summed E-state index contributed by atoms with van der Waals surface area (Å²) in [5.74, 6) is -1.12. The Morgan fingerprint density at radius 1 is 1.24 bits per heavy atom. The molecule has 0 bridgehead atoms. The van der Waals surface area contributed by atoms with Gasteiger partial charge in [0.2, 0.25) is 5.88 Å². The van der Waals surface area contributed by atoms with E-state index in [-0.39, 0.29) is 5.56 Å². The number of hydrogen-bond donors (Lipinski definition) is 1. The van der Waals surface area contributed by atoms with E-state index in [1.807, 2.05) is 0 Å². The first-order valence-corrected chi connectivity index (χ1v) is 5.78. The van der Waals surface area contributed by atoms with Gasteiger partial charge >= 0.3 is 12.1 Å². The van der Waals surface area contributed by atoms with Crippen molar-refractivity contribution in [1.82, 2.24) is 4.98 Å². The predicted octanol–water partition coefficient (Wildman–Crippen LogP) is 3.47.